The minimum atomic E-state index is -0.547. The van der Waals surface area contributed by atoms with Crippen LogP contribution in [0.25, 0.3) is 0 Å². The minimum absolute atomic E-state index is 0.0711. The fourth-order valence-corrected chi connectivity index (χ4v) is 2.63. The first-order valence-electron chi connectivity index (χ1n) is 7.86. The summed E-state index contributed by atoms with van der Waals surface area (Å²) in [6.45, 7) is 3.59. The maximum absolute atomic E-state index is 11.6. The molecular weight excluding hydrogens is 320 g/mol. The van der Waals surface area contributed by atoms with Crippen LogP contribution in [0.15, 0.2) is 0 Å². The molecule has 4 heteroatoms. The van der Waals surface area contributed by atoms with Crippen molar-refractivity contribution < 1.29 is 14.3 Å². The Morgan fingerprint density at radius 1 is 0.950 bits per heavy atom. The van der Waals surface area contributed by atoms with E-state index in [1.165, 1.54) is 45.4 Å². The van der Waals surface area contributed by atoms with E-state index in [1.54, 1.807) is 6.92 Å². The first-order valence-corrected chi connectivity index (χ1v) is 8.98. The maximum atomic E-state index is 11.6. The zero-order valence-electron chi connectivity index (χ0n) is 13.0. The lowest BCUT2D eigenvalue weighted by Crippen LogP contribution is -2.24. The topological polar surface area (TPSA) is 43.4 Å². The van der Waals surface area contributed by atoms with Crippen LogP contribution < -0.4 is 0 Å². The average Bonchev–Trinajstić information content (AvgIpc) is 2.40. The highest BCUT2D eigenvalue weighted by Crippen LogP contribution is 2.15. The predicted molar refractivity (Wildman–Crippen MR) is 86.2 cm³/mol. The Balaban J connectivity index is 3.59. The lowest BCUT2D eigenvalue weighted by atomic mass is 9.97. The molecule has 0 saturated carbocycles. The van der Waals surface area contributed by atoms with Gasteiger partial charge in [0.15, 0.2) is 0 Å². The number of hydrogen-bond donors (Lipinski definition) is 0. The van der Waals surface area contributed by atoms with E-state index < -0.39 is 5.92 Å². The van der Waals surface area contributed by atoms with Gasteiger partial charge >= 0.3 is 5.97 Å². The molecule has 0 aliphatic carbocycles. The second kappa shape index (κ2) is 13.6. The quantitative estimate of drug-likeness (QED) is 0.210. The molecule has 0 saturated heterocycles. The van der Waals surface area contributed by atoms with Gasteiger partial charge in [0, 0.05) is 5.33 Å². The van der Waals surface area contributed by atoms with Crippen LogP contribution in [0.1, 0.15) is 71.6 Å². The smallest absolute Gasteiger partial charge is 0.316 e. The van der Waals surface area contributed by atoms with Crippen molar-refractivity contribution in [3.63, 3.8) is 0 Å². The van der Waals surface area contributed by atoms with Gasteiger partial charge < -0.3 is 4.74 Å². The highest BCUT2D eigenvalue weighted by molar-refractivity contribution is 9.09. The van der Waals surface area contributed by atoms with Crippen LogP contribution in [0.4, 0.5) is 0 Å². The van der Waals surface area contributed by atoms with Crippen LogP contribution in [-0.4, -0.2) is 23.7 Å². The summed E-state index contributed by atoms with van der Waals surface area (Å²) in [6.07, 6.45) is 10.3. The van der Waals surface area contributed by atoms with Crippen molar-refractivity contribution in [2.75, 3.05) is 11.9 Å². The van der Waals surface area contributed by atoms with E-state index in [0.717, 1.165) is 18.2 Å². The molecule has 118 valence electrons. The molecule has 0 fully saturated rings. The summed E-state index contributed by atoms with van der Waals surface area (Å²) in [7, 11) is 0. The third kappa shape index (κ3) is 10.4. The van der Waals surface area contributed by atoms with Gasteiger partial charge in [0.05, 0.1) is 6.61 Å². The number of hydrogen-bond acceptors (Lipinski definition) is 3. The molecule has 3 nitrogen and oxygen atoms in total. The summed E-state index contributed by atoms with van der Waals surface area (Å²) in [6, 6.07) is 0. The molecule has 0 radical (unpaired) electrons. The van der Waals surface area contributed by atoms with Crippen molar-refractivity contribution >= 4 is 27.7 Å². The molecule has 0 aromatic rings. The van der Waals surface area contributed by atoms with Crippen LogP contribution in [0.3, 0.4) is 0 Å². The largest absolute Gasteiger partial charge is 0.465 e. The Bertz CT molecular complexity index is 266. The number of Topliss-reactive ketones (excluding diaryl/α,β-unsaturated/α-hetero) is 1. The zero-order chi connectivity index (χ0) is 15.2. The van der Waals surface area contributed by atoms with E-state index in [4.69, 9.17) is 4.74 Å². The molecule has 0 N–H and O–H groups in total. The molecule has 0 amide bonds. The maximum Gasteiger partial charge on any atom is 0.316 e. The number of ketones is 1. The van der Waals surface area contributed by atoms with Gasteiger partial charge in [-0.05, 0) is 26.7 Å². The zero-order valence-corrected chi connectivity index (χ0v) is 14.5. The first kappa shape index (κ1) is 19.6. The number of rotatable bonds is 13. The van der Waals surface area contributed by atoms with Gasteiger partial charge in [-0.1, -0.05) is 60.9 Å². The summed E-state index contributed by atoms with van der Waals surface area (Å²) >= 11 is 3.44. The molecule has 0 heterocycles. The lowest BCUT2D eigenvalue weighted by Gasteiger charge is -2.12. The molecule has 0 bridgehead atoms. The molecule has 20 heavy (non-hydrogen) atoms. The second-order valence-electron chi connectivity index (χ2n) is 5.22. The minimum Gasteiger partial charge on any atom is -0.465 e. The third-order valence-electron chi connectivity index (χ3n) is 3.44. The number of halogens is 1. The normalized spacial score (nSPS) is 12.2. The van der Waals surface area contributed by atoms with E-state index >= 15 is 0 Å². The Morgan fingerprint density at radius 2 is 1.45 bits per heavy atom. The summed E-state index contributed by atoms with van der Waals surface area (Å²) in [4.78, 5) is 23.0. The number of alkyl halides is 1. The van der Waals surface area contributed by atoms with Crippen molar-refractivity contribution in [2.45, 2.75) is 71.6 Å². The van der Waals surface area contributed by atoms with Crippen LogP contribution in [-0.2, 0) is 14.3 Å². The Kier molecular flexibility index (Phi) is 13.3. The van der Waals surface area contributed by atoms with Crippen molar-refractivity contribution in [2.24, 2.45) is 5.92 Å². The molecule has 0 aromatic carbocycles. The summed E-state index contributed by atoms with van der Waals surface area (Å²) < 4.78 is 4.93. The molecule has 1 unspecified atom stereocenters. The van der Waals surface area contributed by atoms with Crippen molar-refractivity contribution in [3.8, 4) is 0 Å². The van der Waals surface area contributed by atoms with Crippen LogP contribution >= 0.6 is 15.9 Å². The average molecular weight is 349 g/mol. The molecule has 0 aromatic heterocycles. The molecular formula is C16H29BrO3. The lowest BCUT2D eigenvalue weighted by molar-refractivity contribution is -0.151. The van der Waals surface area contributed by atoms with Gasteiger partial charge in [-0.15, -0.1) is 0 Å². The standard InChI is InChI=1S/C16H29BrO3/c1-3-20-16(19)15(14(2)18)12-10-8-6-4-5-7-9-11-13-17/h15H,3-13H2,1-2H3. The van der Waals surface area contributed by atoms with Gasteiger partial charge in [-0.2, -0.15) is 0 Å². The summed E-state index contributed by atoms with van der Waals surface area (Å²) in [5, 5.41) is 1.10. The SMILES string of the molecule is CCOC(=O)C(CCCCCCCCCCBr)C(C)=O. The number of unbranched alkanes of at least 4 members (excludes halogenated alkanes) is 7. The Labute approximate surface area is 132 Å². The third-order valence-corrected chi connectivity index (χ3v) is 4.00. The van der Waals surface area contributed by atoms with Gasteiger partial charge in [-0.3, -0.25) is 9.59 Å². The van der Waals surface area contributed by atoms with Gasteiger partial charge in [-0.25, -0.2) is 0 Å². The number of carbonyl (C=O) groups excluding carboxylic acids is 2. The highest BCUT2D eigenvalue weighted by Gasteiger charge is 2.23. The van der Waals surface area contributed by atoms with E-state index in [1.807, 2.05) is 0 Å². The van der Waals surface area contributed by atoms with Gasteiger partial charge in [0.25, 0.3) is 0 Å². The van der Waals surface area contributed by atoms with Crippen LogP contribution in [0.2, 0.25) is 0 Å². The summed E-state index contributed by atoms with van der Waals surface area (Å²) in [5.41, 5.74) is 0. The van der Waals surface area contributed by atoms with Crippen molar-refractivity contribution in [1.29, 1.82) is 0 Å². The molecule has 0 rings (SSSR count). The van der Waals surface area contributed by atoms with E-state index in [0.29, 0.717) is 13.0 Å². The van der Waals surface area contributed by atoms with E-state index in [9.17, 15) is 9.59 Å². The number of ether oxygens (including phenoxy) is 1. The van der Waals surface area contributed by atoms with Crippen LogP contribution in [0, 0.1) is 5.92 Å². The first-order chi connectivity index (χ1) is 9.63. The molecule has 1 atom stereocenters. The fourth-order valence-electron chi connectivity index (χ4n) is 2.23. The van der Waals surface area contributed by atoms with E-state index in [-0.39, 0.29) is 11.8 Å². The van der Waals surface area contributed by atoms with Gasteiger partial charge in [0.2, 0.25) is 0 Å². The van der Waals surface area contributed by atoms with Crippen molar-refractivity contribution in [1.82, 2.24) is 0 Å². The molecule has 0 spiro atoms. The van der Waals surface area contributed by atoms with Crippen molar-refractivity contribution in [3.05, 3.63) is 0 Å². The monoisotopic (exact) mass is 348 g/mol. The fraction of sp³-hybridized carbons (Fsp3) is 0.875. The van der Waals surface area contributed by atoms with Crippen LogP contribution in [0.5, 0.6) is 0 Å². The summed E-state index contributed by atoms with van der Waals surface area (Å²) in [5.74, 6) is -0.970. The van der Waals surface area contributed by atoms with E-state index in [2.05, 4.69) is 15.9 Å². The second-order valence-corrected chi connectivity index (χ2v) is 6.01. The predicted octanol–water partition coefficient (Wildman–Crippen LogP) is 4.66. The molecule has 0 aliphatic heterocycles. The number of carbonyl (C=O) groups is 2. The number of esters is 1. The van der Waals surface area contributed by atoms with Gasteiger partial charge in [0.1, 0.15) is 11.7 Å². The highest BCUT2D eigenvalue weighted by atomic mass is 79.9. The molecule has 0 aliphatic rings. The Hall–Kier alpha value is -0.380. The Morgan fingerprint density at radius 3 is 1.90 bits per heavy atom.